The zero-order valence-electron chi connectivity index (χ0n) is 18.4. The second-order valence-electron chi connectivity index (χ2n) is 7.57. The third-order valence-corrected chi connectivity index (χ3v) is 4.24. The molecule has 0 atom stereocenters. The molecular weight excluding hydrogens is 388 g/mol. The zero-order chi connectivity index (χ0) is 21.1. The molecule has 3 aromatic carbocycles. The molecule has 29 heavy (non-hydrogen) atoms. The Balaban J connectivity index is 0.000000440. The van der Waals surface area contributed by atoms with Gasteiger partial charge in [-0.05, 0) is 29.9 Å². The van der Waals surface area contributed by atoms with Crippen molar-refractivity contribution in [3.05, 3.63) is 114 Å². The molecule has 152 valence electrons. The van der Waals surface area contributed by atoms with Crippen LogP contribution in [-0.4, -0.2) is 5.11 Å². The van der Waals surface area contributed by atoms with Gasteiger partial charge in [-0.25, -0.2) is 0 Å². The molecule has 3 rings (SSSR count). The van der Waals surface area contributed by atoms with Crippen molar-refractivity contribution >= 4 is 0 Å². The first kappa shape index (κ1) is 26.9. The summed E-state index contributed by atoms with van der Waals surface area (Å²) in [6, 6.07) is 23.9. The minimum Gasteiger partial charge on any atom is -0.507 e. The number of phenolic OH excluding ortho intramolecular Hbond substituents is 1. The molecule has 0 aliphatic rings. The van der Waals surface area contributed by atoms with E-state index in [1.165, 1.54) is 5.56 Å². The number of hydrogen-bond donors (Lipinski definition) is 1. The molecule has 0 amide bonds. The van der Waals surface area contributed by atoms with Gasteiger partial charge in [0.2, 0.25) is 0 Å². The van der Waals surface area contributed by atoms with Crippen LogP contribution in [0.3, 0.4) is 0 Å². The molecule has 0 radical (unpaired) electrons. The van der Waals surface area contributed by atoms with Gasteiger partial charge >= 0.3 is 21.7 Å². The van der Waals surface area contributed by atoms with E-state index in [0.29, 0.717) is 17.6 Å². The van der Waals surface area contributed by atoms with E-state index in [0.717, 1.165) is 22.3 Å². The molecule has 0 aliphatic heterocycles. The van der Waals surface area contributed by atoms with Gasteiger partial charge in [0.25, 0.3) is 0 Å². The van der Waals surface area contributed by atoms with Gasteiger partial charge in [-0.1, -0.05) is 57.5 Å². The van der Waals surface area contributed by atoms with Crippen LogP contribution in [0, 0.1) is 20.8 Å². The molecule has 0 saturated carbocycles. The average Bonchev–Trinajstić information content (AvgIpc) is 2.65. The maximum Gasteiger partial charge on any atom is 2.00 e. The van der Waals surface area contributed by atoms with Gasteiger partial charge in [0.15, 0.2) is 0 Å². The fourth-order valence-corrected chi connectivity index (χ4v) is 2.67. The topological polar surface area (TPSA) is 20.2 Å². The Labute approximate surface area is 193 Å². The van der Waals surface area contributed by atoms with Gasteiger partial charge in [0.05, 0.1) is 0 Å². The first-order chi connectivity index (χ1) is 13.2. The number of aryl methyl sites for hydroxylation is 1. The Morgan fingerprint density at radius 3 is 1.17 bits per heavy atom. The van der Waals surface area contributed by atoms with Crippen molar-refractivity contribution in [2.75, 3.05) is 0 Å². The van der Waals surface area contributed by atoms with Gasteiger partial charge in [-0.3, -0.25) is 0 Å². The average molecular weight is 422 g/mol. The second-order valence-corrected chi connectivity index (χ2v) is 7.57. The summed E-state index contributed by atoms with van der Waals surface area (Å²) < 4.78 is 0. The maximum absolute atomic E-state index is 10.1. The quantitative estimate of drug-likeness (QED) is 0.332. The largest absolute Gasteiger partial charge is 2.00 e. The second kappa shape index (κ2) is 14.0. The summed E-state index contributed by atoms with van der Waals surface area (Å²) in [4.78, 5) is 0. The number of hydrogen-bond acceptors (Lipinski definition) is 1. The molecule has 1 N–H and O–H groups in total. The summed E-state index contributed by atoms with van der Waals surface area (Å²) in [5.41, 5.74) is 5.50. The van der Waals surface area contributed by atoms with Crippen LogP contribution >= 0.6 is 0 Å². The number of phenols is 1. The minimum absolute atomic E-state index is 0. The van der Waals surface area contributed by atoms with Crippen LogP contribution in [-0.2, 0) is 21.7 Å². The van der Waals surface area contributed by atoms with Gasteiger partial charge in [-0.15, -0.1) is 24.3 Å². The van der Waals surface area contributed by atoms with Crippen molar-refractivity contribution in [2.24, 2.45) is 0 Å². The van der Waals surface area contributed by atoms with E-state index >= 15 is 0 Å². The third-order valence-electron chi connectivity index (χ3n) is 4.24. The molecular formula is C27H34OTi. The molecule has 0 aromatic heterocycles. The van der Waals surface area contributed by atoms with Gasteiger partial charge in [-0.2, -0.15) is 49.2 Å². The van der Waals surface area contributed by atoms with Crippen LogP contribution < -0.4 is 0 Å². The van der Waals surface area contributed by atoms with E-state index in [4.69, 9.17) is 0 Å². The van der Waals surface area contributed by atoms with E-state index in [9.17, 15) is 5.11 Å². The maximum atomic E-state index is 10.1. The standard InChI is InChI=1S/C13H20O.2C7H7.Ti/c1-8(2)11-6-10(5)7-12(9(3)4)13(11)14;2*1-7-5-3-2-4-6-7;/h6-9,14H,1-5H3;2*2-6H,1H2;/q;2*-1;+2. The number of benzene rings is 3. The molecule has 0 fully saturated rings. The molecule has 2 heteroatoms. The van der Waals surface area contributed by atoms with E-state index in [1.807, 2.05) is 60.7 Å². The first-order valence-corrected chi connectivity index (χ1v) is 9.79. The van der Waals surface area contributed by atoms with Crippen molar-refractivity contribution in [1.29, 1.82) is 0 Å². The predicted molar refractivity (Wildman–Crippen MR) is 123 cm³/mol. The Morgan fingerprint density at radius 1 is 0.655 bits per heavy atom. The van der Waals surface area contributed by atoms with Crippen LogP contribution in [0.15, 0.2) is 72.8 Å². The summed E-state index contributed by atoms with van der Waals surface area (Å²) in [6.07, 6.45) is 0. The van der Waals surface area contributed by atoms with Crippen LogP contribution in [0.2, 0.25) is 0 Å². The number of aromatic hydroxyl groups is 1. The predicted octanol–water partition coefficient (Wildman–Crippen LogP) is 7.68. The van der Waals surface area contributed by atoms with E-state index < -0.39 is 0 Å². The fourth-order valence-electron chi connectivity index (χ4n) is 2.67. The van der Waals surface area contributed by atoms with E-state index in [-0.39, 0.29) is 21.7 Å². The summed E-state index contributed by atoms with van der Waals surface area (Å²) in [5.74, 6) is 1.25. The molecule has 0 saturated heterocycles. The Hall–Kier alpha value is -2.09. The number of rotatable bonds is 2. The SMILES string of the molecule is Cc1cc(C(C)C)c(O)c(C(C)C)c1.[CH2-]c1ccccc1.[CH2-]c1ccccc1.[Ti+2]. The fraction of sp³-hybridized carbons (Fsp3) is 0.259. The van der Waals surface area contributed by atoms with Crippen LogP contribution in [0.1, 0.15) is 67.3 Å². The molecule has 0 spiro atoms. The van der Waals surface area contributed by atoms with Crippen molar-refractivity contribution in [2.45, 2.75) is 46.5 Å². The minimum atomic E-state index is 0. The third kappa shape index (κ3) is 10.3. The van der Waals surface area contributed by atoms with E-state index in [2.05, 4.69) is 60.6 Å². The van der Waals surface area contributed by atoms with Gasteiger partial charge in [0, 0.05) is 0 Å². The zero-order valence-corrected chi connectivity index (χ0v) is 20.0. The van der Waals surface area contributed by atoms with Crippen LogP contribution in [0.25, 0.3) is 0 Å². The molecule has 3 aromatic rings. The molecule has 0 unspecified atom stereocenters. The normalized spacial score (nSPS) is 9.62. The molecule has 0 heterocycles. The Kier molecular flexibility index (Phi) is 13.0. The van der Waals surface area contributed by atoms with Crippen molar-refractivity contribution in [3.8, 4) is 5.75 Å². The van der Waals surface area contributed by atoms with Crippen molar-refractivity contribution < 1.29 is 26.8 Å². The van der Waals surface area contributed by atoms with E-state index in [1.54, 1.807) is 0 Å². The summed E-state index contributed by atoms with van der Waals surface area (Å²) >= 11 is 0. The van der Waals surface area contributed by atoms with Crippen LogP contribution in [0.4, 0.5) is 0 Å². The van der Waals surface area contributed by atoms with Crippen LogP contribution in [0.5, 0.6) is 5.75 Å². The van der Waals surface area contributed by atoms with Crippen molar-refractivity contribution in [3.63, 3.8) is 0 Å². The summed E-state index contributed by atoms with van der Waals surface area (Å²) in [6.45, 7) is 18.0. The Morgan fingerprint density at radius 2 is 0.966 bits per heavy atom. The molecule has 0 bridgehead atoms. The smallest absolute Gasteiger partial charge is 0.507 e. The van der Waals surface area contributed by atoms with Gasteiger partial charge in [0.1, 0.15) is 5.75 Å². The summed E-state index contributed by atoms with van der Waals surface area (Å²) in [7, 11) is 0. The molecule has 1 nitrogen and oxygen atoms in total. The molecule has 0 aliphatic carbocycles. The first-order valence-electron chi connectivity index (χ1n) is 9.79. The van der Waals surface area contributed by atoms with Gasteiger partial charge < -0.3 is 5.11 Å². The Bertz CT molecular complexity index is 742. The van der Waals surface area contributed by atoms with Crippen molar-refractivity contribution in [1.82, 2.24) is 0 Å². The summed E-state index contributed by atoms with van der Waals surface area (Å²) in [5, 5.41) is 10.1. The monoisotopic (exact) mass is 422 g/mol.